The molecule has 0 aromatic heterocycles. The van der Waals surface area contributed by atoms with Crippen LogP contribution in [-0.2, 0) is 16.5 Å². The number of halogens is 1. The molecule has 0 amide bonds. The van der Waals surface area contributed by atoms with Gasteiger partial charge in [0.1, 0.15) is 5.60 Å². The predicted octanol–water partition coefficient (Wildman–Crippen LogP) is 8.92. The third kappa shape index (κ3) is 4.40. The Balaban J connectivity index is 1.42. The van der Waals surface area contributed by atoms with Crippen molar-refractivity contribution in [2.24, 2.45) is 0 Å². The van der Waals surface area contributed by atoms with Gasteiger partial charge >= 0.3 is 0 Å². The van der Waals surface area contributed by atoms with Crippen molar-refractivity contribution < 1.29 is 9.13 Å². The van der Waals surface area contributed by atoms with E-state index in [2.05, 4.69) is 91.0 Å². The molecule has 0 heterocycles. The maximum absolute atomic E-state index is 15.3. The molecule has 0 unspecified atom stereocenters. The molecule has 5 aromatic rings. The highest BCUT2D eigenvalue weighted by molar-refractivity contribution is 7.97. The smallest absolute Gasteiger partial charge is 0.170 e. The fourth-order valence-electron chi connectivity index (χ4n) is 5.29. The Bertz CT molecular complexity index is 1440. The van der Waals surface area contributed by atoms with Gasteiger partial charge in [0.2, 0.25) is 0 Å². The van der Waals surface area contributed by atoms with Crippen molar-refractivity contribution in [1.82, 2.24) is 0 Å². The van der Waals surface area contributed by atoms with Gasteiger partial charge in [0.25, 0.3) is 0 Å². The Morgan fingerprint density at radius 2 is 1.19 bits per heavy atom. The van der Waals surface area contributed by atoms with E-state index in [-0.39, 0.29) is 16.7 Å². The summed E-state index contributed by atoms with van der Waals surface area (Å²) in [6.45, 7) is 0. The lowest BCUT2D eigenvalue weighted by Crippen LogP contribution is -2.30. The summed E-state index contributed by atoms with van der Waals surface area (Å²) in [5.41, 5.74) is 0.621. The molecule has 1 aliphatic rings. The highest BCUT2D eigenvalue weighted by Crippen LogP contribution is 2.45. The average Bonchev–Trinajstić information content (AvgIpc) is 3.41. The van der Waals surface area contributed by atoms with Gasteiger partial charge in [-0.2, -0.15) is 0 Å². The van der Waals surface area contributed by atoms with Crippen LogP contribution in [0, 0.1) is 5.82 Å². The minimum absolute atomic E-state index is 0.310. The van der Waals surface area contributed by atoms with E-state index in [1.54, 1.807) is 6.07 Å². The second-order valence-corrected chi connectivity index (χ2v) is 11.4. The molecule has 5 aromatic carbocycles. The van der Waals surface area contributed by atoms with Crippen molar-refractivity contribution >= 4 is 21.7 Å². The summed E-state index contributed by atoms with van der Waals surface area (Å²) in [4.78, 5) is 3.45. The van der Waals surface area contributed by atoms with Gasteiger partial charge in [0.05, 0.1) is 10.9 Å². The molecule has 3 heteroatoms. The first-order chi connectivity index (χ1) is 17.7. The van der Waals surface area contributed by atoms with Crippen LogP contribution in [0.25, 0.3) is 10.8 Å². The monoisotopic (exact) mass is 491 g/mol. The highest BCUT2D eigenvalue weighted by atomic mass is 32.2. The largest absolute Gasteiger partial charge is 0.479 e. The van der Waals surface area contributed by atoms with E-state index in [1.165, 1.54) is 20.6 Å². The van der Waals surface area contributed by atoms with E-state index in [0.29, 0.717) is 5.75 Å². The minimum atomic E-state index is -0.512. The Morgan fingerprint density at radius 1 is 0.583 bits per heavy atom. The topological polar surface area (TPSA) is 9.23 Å². The number of ether oxygens (including phenoxy) is 1. The van der Waals surface area contributed by atoms with Crippen LogP contribution in [0.5, 0.6) is 5.75 Å². The van der Waals surface area contributed by atoms with Gasteiger partial charge in [-0.05, 0) is 84.5 Å². The van der Waals surface area contributed by atoms with Crippen LogP contribution in [0.15, 0.2) is 136 Å². The first kappa shape index (κ1) is 22.9. The van der Waals surface area contributed by atoms with E-state index < -0.39 is 5.60 Å². The molecule has 1 fully saturated rings. The van der Waals surface area contributed by atoms with Gasteiger partial charge in [0.15, 0.2) is 26.3 Å². The van der Waals surface area contributed by atoms with Gasteiger partial charge in [-0.1, -0.05) is 72.8 Å². The molecule has 0 radical (unpaired) electrons. The van der Waals surface area contributed by atoms with Crippen molar-refractivity contribution in [2.75, 3.05) is 0 Å². The van der Waals surface area contributed by atoms with Gasteiger partial charge in [0, 0.05) is 6.07 Å². The minimum Gasteiger partial charge on any atom is -0.479 e. The zero-order chi connectivity index (χ0) is 24.4. The molecule has 0 aliphatic heterocycles. The first-order valence-corrected chi connectivity index (χ1v) is 13.8. The van der Waals surface area contributed by atoms with Crippen LogP contribution in [0.2, 0.25) is 0 Å². The van der Waals surface area contributed by atoms with E-state index in [1.807, 2.05) is 24.3 Å². The molecule has 178 valence electrons. The van der Waals surface area contributed by atoms with Gasteiger partial charge in [-0.15, -0.1) is 0 Å². The van der Waals surface area contributed by atoms with Gasteiger partial charge < -0.3 is 4.74 Å². The Kier molecular flexibility index (Phi) is 6.25. The van der Waals surface area contributed by atoms with E-state index >= 15 is 4.39 Å². The van der Waals surface area contributed by atoms with Gasteiger partial charge in [-0.25, -0.2) is 4.39 Å². The molecule has 0 N–H and O–H groups in total. The second-order valence-electron chi connectivity index (χ2n) is 9.39. The molecule has 1 aliphatic carbocycles. The lowest BCUT2D eigenvalue weighted by molar-refractivity contribution is 0.0688. The third-order valence-electron chi connectivity index (χ3n) is 7.09. The van der Waals surface area contributed by atoms with Crippen molar-refractivity contribution in [1.29, 1.82) is 0 Å². The molecule has 1 nitrogen and oxygen atoms in total. The summed E-state index contributed by atoms with van der Waals surface area (Å²) < 4.78 is 22.0. The number of rotatable bonds is 6. The lowest BCUT2D eigenvalue weighted by Gasteiger charge is -2.31. The van der Waals surface area contributed by atoms with E-state index in [9.17, 15) is 0 Å². The molecule has 0 spiro atoms. The van der Waals surface area contributed by atoms with Crippen molar-refractivity contribution in [3.05, 3.63) is 133 Å². The molecule has 0 atom stereocenters. The maximum Gasteiger partial charge on any atom is 0.170 e. The normalized spacial score (nSPS) is 14.8. The van der Waals surface area contributed by atoms with Crippen molar-refractivity contribution in [3.8, 4) is 5.75 Å². The first-order valence-electron chi connectivity index (χ1n) is 12.5. The zero-order valence-electron chi connectivity index (χ0n) is 20.1. The van der Waals surface area contributed by atoms with Crippen molar-refractivity contribution in [3.63, 3.8) is 0 Å². The van der Waals surface area contributed by atoms with Crippen LogP contribution < -0.4 is 4.74 Å². The molecule has 36 heavy (non-hydrogen) atoms. The number of benzene rings is 5. The van der Waals surface area contributed by atoms with E-state index in [4.69, 9.17) is 4.74 Å². The zero-order valence-corrected chi connectivity index (χ0v) is 20.9. The fourth-order valence-corrected chi connectivity index (χ4v) is 7.39. The summed E-state index contributed by atoms with van der Waals surface area (Å²) in [7, 11) is -0.360. The Hall–Kier alpha value is -3.56. The quantitative estimate of drug-likeness (QED) is 0.215. The number of hydrogen-bond donors (Lipinski definition) is 0. The number of hydrogen-bond acceptors (Lipinski definition) is 1. The molecule has 0 saturated heterocycles. The maximum atomic E-state index is 15.3. The summed E-state index contributed by atoms with van der Waals surface area (Å²) >= 11 is 0. The summed E-state index contributed by atoms with van der Waals surface area (Å²) in [5.74, 6) is 0.0300. The van der Waals surface area contributed by atoms with Crippen LogP contribution in [0.3, 0.4) is 0 Å². The predicted molar refractivity (Wildman–Crippen MR) is 146 cm³/mol. The summed E-state index contributed by atoms with van der Waals surface area (Å²) in [6, 6.07) is 41.2. The molecular weight excluding hydrogens is 463 g/mol. The Morgan fingerprint density at radius 3 is 1.86 bits per heavy atom. The van der Waals surface area contributed by atoms with Crippen LogP contribution >= 0.6 is 0 Å². The van der Waals surface area contributed by atoms with Crippen LogP contribution in [0.1, 0.15) is 31.2 Å². The molecule has 6 rings (SSSR count). The fraction of sp³-hybridized carbons (Fsp3) is 0.152. The standard InChI is InChI=1S/C33H28FOS/c34-31-20-19-30(36(28-13-3-1-4-14-28)29-15-5-2-6-16-29)24-32(31)35-33(21-9-10-22-33)27-18-17-25-11-7-8-12-26(25)23-27/h1-8,11-20,23-24H,9-10,21-22H2/q+1. The number of fused-ring (bicyclic) bond motifs is 1. The summed E-state index contributed by atoms with van der Waals surface area (Å²) in [6.07, 6.45) is 3.93. The SMILES string of the molecule is Fc1ccc([S+](c2ccccc2)c2ccccc2)cc1OC1(c2ccc3ccccc3c2)CCCC1. The lowest BCUT2D eigenvalue weighted by atomic mass is 9.90. The molecule has 1 saturated carbocycles. The van der Waals surface area contributed by atoms with Crippen LogP contribution in [0.4, 0.5) is 4.39 Å². The summed E-state index contributed by atoms with van der Waals surface area (Å²) in [5, 5.41) is 2.39. The highest BCUT2D eigenvalue weighted by Gasteiger charge is 2.39. The Labute approximate surface area is 214 Å². The van der Waals surface area contributed by atoms with E-state index in [0.717, 1.165) is 36.1 Å². The molecular formula is C33H28FOS+. The molecule has 0 bridgehead atoms. The van der Waals surface area contributed by atoms with Gasteiger partial charge in [-0.3, -0.25) is 0 Å². The second kappa shape index (κ2) is 9.83. The third-order valence-corrected chi connectivity index (χ3v) is 9.30. The van der Waals surface area contributed by atoms with Crippen molar-refractivity contribution in [2.45, 2.75) is 46.0 Å². The van der Waals surface area contributed by atoms with Crippen LogP contribution in [-0.4, -0.2) is 0 Å². The average molecular weight is 492 g/mol.